The van der Waals surface area contributed by atoms with Crippen LogP contribution in [-0.2, 0) is 0 Å². The number of nitrogens with two attached hydrogens (primary N) is 1. The minimum absolute atomic E-state index is 0.740. The molecule has 0 fully saturated rings. The van der Waals surface area contributed by atoms with Gasteiger partial charge in [0, 0.05) is 65.2 Å². The standard InChI is InChI=1S/C23H15BrN4.C9H8BrN/c24-12-5-8-20-17(9-12)19(11-26-20)23-27-21-16-4-2-1-3-14(16)15-7-6-13(25)10-18(15)22(21)28-23;1-6-5-11-9-3-2-7(10)4-8(6)9/h1-11,26H,25H2,(H,27,28);2-5,11H,1H3. The van der Waals surface area contributed by atoms with E-state index in [2.05, 4.69) is 108 Å². The van der Waals surface area contributed by atoms with E-state index in [9.17, 15) is 0 Å². The normalized spacial score (nSPS) is 11.6. The third kappa shape index (κ3) is 4.09. The molecule has 190 valence electrons. The van der Waals surface area contributed by atoms with E-state index in [-0.39, 0.29) is 0 Å². The lowest BCUT2D eigenvalue weighted by molar-refractivity contribution is 1.34. The van der Waals surface area contributed by atoms with Gasteiger partial charge in [-0.1, -0.05) is 62.2 Å². The monoisotopic (exact) mass is 635 g/mol. The Kier molecular flexibility index (Phi) is 5.72. The van der Waals surface area contributed by atoms with Gasteiger partial charge in [0.25, 0.3) is 0 Å². The van der Waals surface area contributed by atoms with Crippen LogP contribution in [0.3, 0.4) is 0 Å². The molecular weight excluding hydrogens is 614 g/mol. The molecular formula is C32H23Br2N5. The molecule has 3 aromatic heterocycles. The van der Waals surface area contributed by atoms with Crippen LogP contribution in [0.15, 0.2) is 100 Å². The van der Waals surface area contributed by atoms with E-state index in [4.69, 9.17) is 10.7 Å². The summed E-state index contributed by atoms with van der Waals surface area (Å²) in [6.45, 7) is 2.10. The second-order valence-corrected chi connectivity index (χ2v) is 11.5. The first-order chi connectivity index (χ1) is 19.0. The minimum atomic E-state index is 0.740. The van der Waals surface area contributed by atoms with Gasteiger partial charge in [-0.15, -0.1) is 0 Å². The number of rotatable bonds is 1. The molecule has 0 aliphatic rings. The van der Waals surface area contributed by atoms with Crippen molar-refractivity contribution in [2.45, 2.75) is 6.92 Å². The number of H-pyrrole nitrogens is 3. The van der Waals surface area contributed by atoms with Crippen molar-refractivity contribution in [1.82, 2.24) is 19.9 Å². The highest BCUT2D eigenvalue weighted by molar-refractivity contribution is 9.10. The fourth-order valence-electron chi connectivity index (χ4n) is 5.34. The van der Waals surface area contributed by atoms with Crippen LogP contribution >= 0.6 is 31.9 Å². The fourth-order valence-corrected chi connectivity index (χ4v) is 6.06. The molecule has 0 amide bonds. The first-order valence-corrected chi connectivity index (χ1v) is 14.1. The summed E-state index contributed by atoms with van der Waals surface area (Å²) in [4.78, 5) is 15.1. The molecule has 8 rings (SSSR count). The minimum Gasteiger partial charge on any atom is -0.399 e. The van der Waals surface area contributed by atoms with Crippen LogP contribution in [0.5, 0.6) is 0 Å². The van der Waals surface area contributed by atoms with Crippen molar-refractivity contribution in [3.05, 3.63) is 106 Å². The SMILES string of the molecule is Cc1c[nH]c2ccc(Br)cc12.Nc1ccc2c3ccccc3c3[nH]c(-c4c[nH]c5ccc(Br)cc45)nc3c2c1. The maximum absolute atomic E-state index is 6.10. The Morgan fingerprint density at radius 1 is 0.667 bits per heavy atom. The van der Waals surface area contributed by atoms with Gasteiger partial charge >= 0.3 is 0 Å². The molecule has 8 aromatic rings. The number of hydrogen-bond donors (Lipinski definition) is 4. The summed E-state index contributed by atoms with van der Waals surface area (Å²) in [6.07, 6.45) is 4.03. The molecule has 39 heavy (non-hydrogen) atoms. The van der Waals surface area contributed by atoms with Crippen LogP contribution in [0.1, 0.15) is 5.56 Å². The Morgan fingerprint density at radius 3 is 2.13 bits per heavy atom. The zero-order valence-corrected chi connectivity index (χ0v) is 24.1. The summed E-state index contributed by atoms with van der Waals surface area (Å²) in [7, 11) is 0. The number of nitrogen functional groups attached to an aromatic ring is 1. The lowest BCUT2D eigenvalue weighted by Gasteiger charge is -2.06. The fraction of sp³-hybridized carbons (Fsp3) is 0.0312. The predicted molar refractivity (Wildman–Crippen MR) is 171 cm³/mol. The first kappa shape index (κ1) is 24.0. The van der Waals surface area contributed by atoms with E-state index in [1.165, 1.54) is 21.9 Å². The topological polar surface area (TPSA) is 86.3 Å². The maximum atomic E-state index is 6.10. The van der Waals surface area contributed by atoms with Crippen molar-refractivity contribution in [2.24, 2.45) is 0 Å². The van der Waals surface area contributed by atoms with Gasteiger partial charge in [0.2, 0.25) is 0 Å². The summed E-state index contributed by atoms with van der Waals surface area (Å²) in [5.41, 5.74) is 13.4. The summed E-state index contributed by atoms with van der Waals surface area (Å²) >= 11 is 7.01. The Bertz CT molecular complexity index is 2180. The van der Waals surface area contributed by atoms with Crippen LogP contribution < -0.4 is 5.73 Å². The van der Waals surface area contributed by atoms with Gasteiger partial charge in [-0.3, -0.25) is 0 Å². The lowest BCUT2D eigenvalue weighted by Crippen LogP contribution is -1.86. The number of nitrogens with zero attached hydrogens (tertiary/aromatic N) is 1. The van der Waals surface area contributed by atoms with E-state index in [1.54, 1.807) is 0 Å². The molecule has 0 aliphatic carbocycles. The molecule has 0 spiro atoms. The lowest BCUT2D eigenvalue weighted by atomic mass is 9.99. The highest BCUT2D eigenvalue weighted by Crippen LogP contribution is 2.37. The number of imidazole rings is 1. The number of benzene rings is 5. The number of nitrogens with one attached hydrogen (secondary N) is 3. The molecule has 0 radical (unpaired) electrons. The average Bonchev–Trinajstić information content (AvgIpc) is 3.66. The number of aryl methyl sites for hydroxylation is 1. The molecule has 5 N–H and O–H groups in total. The number of anilines is 1. The predicted octanol–water partition coefficient (Wildman–Crippen LogP) is 9.60. The van der Waals surface area contributed by atoms with Crippen molar-refractivity contribution in [3.63, 3.8) is 0 Å². The van der Waals surface area contributed by atoms with Crippen molar-refractivity contribution in [3.8, 4) is 11.4 Å². The largest absolute Gasteiger partial charge is 0.399 e. The number of hydrogen-bond acceptors (Lipinski definition) is 2. The quantitative estimate of drug-likeness (QED) is 0.107. The van der Waals surface area contributed by atoms with Crippen LogP contribution in [0.4, 0.5) is 5.69 Å². The maximum Gasteiger partial charge on any atom is 0.140 e. The third-order valence-electron chi connectivity index (χ3n) is 7.24. The summed E-state index contributed by atoms with van der Waals surface area (Å²) in [5, 5.41) is 7.01. The highest BCUT2D eigenvalue weighted by atomic mass is 79.9. The van der Waals surface area contributed by atoms with Crippen molar-refractivity contribution in [2.75, 3.05) is 5.73 Å². The van der Waals surface area contributed by atoms with Crippen LogP contribution in [0.25, 0.3) is 65.8 Å². The van der Waals surface area contributed by atoms with Crippen LogP contribution in [0, 0.1) is 6.92 Å². The molecule has 7 heteroatoms. The van der Waals surface area contributed by atoms with Crippen molar-refractivity contribution in [1.29, 1.82) is 0 Å². The summed E-state index contributed by atoms with van der Waals surface area (Å²) < 4.78 is 2.17. The number of fused-ring (bicyclic) bond motifs is 8. The first-order valence-electron chi connectivity index (χ1n) is 12.6. The van der Waals surface area contributed by atoms with Gasteiger partial charge in [-0.25, -0.2) is 4.98 Å². The van der Waals surface area contributed by atoms with E-state index in [1.807, 2.05) is 36.7 Å². The highest BCUT2D eigenvalue weighted by Gasteiger charge is 2.16. The van der Waals surface area contributed by atoms with E-state index in [0.717, 1.165) is 64.1 Å². The smallest absolute Gasteiger partial charge is 0.140 e. The molecule has 5 aromatic carbocycles. The number of aromatic nitrogens is 4. The van der Waals surface area contributed by atoms with E-state index >= 15 is 0 Å². The molecule has 0 aliphatic heterocycles. The molecule has 0 saturated heterocycles. The van der Waals surface area contributed by atoms with Gasteiger partial charge in [-0.05, 0) is 71.8 Å². The zero-order valence-electron chi connectivity index (χ0n) is 20.9. The van der Waals surface area contributed by atoms with Gasteiger partial charge < -0.3 is 20.7 Å². The third-order valence-corrected chi connectivity index (χ3v) is 8.23. The van der Waals surface area contributed by atoms with E-state index < -0.39 is 0 Å². The van der Waals surface area contributed by atoms with E-state index in [0.29, 0.717) is 0 Å². The molecule has 5 nitrogen and oxygen atoms in total. The summed E-state index contributed by atoms with van der Waals surface area (Å²) in [6, 6.07) is 26.9. The Balaban J connectivity index is 0.000000193. The van der Waals surface area contributed by atoms with Gasteiger partial charge in [-0.2, -0.15) is 0 Å². The molecule has 0 unspecified atom stereocenters. The molecule has 0 bridgehead atoms. The molecule has 3 heterocycles. The van der Waals surface area contributed by atoms with Crippen molar-refractivity contribution >= 4 is 91.9 Å². The average molecular weight is 637 g/mol. The summed E-state index contributed by atoms with van der Waals surface area (Å²) in [5.74, 6) is 0.847. The Morgan fingerprint density at radius 2 is 1.33 bits per heavy atom. The zero-order chi connectivity index (χ0) is 26.7. The van der Waals surface area contributed by atoms with Gasteiger partial charge in [0.1, 0.15) is 5.82 Å². The Labute approximate surface area is 240 Å². The second kappa shape index (κ2) is 9.29. The molecule has 0 saturated carbocycles. The van der Waals surface area contributed by atoms with Crippen LogP contribution in [0.2, 0.25) is 0 Å². The van der Waals surface area contributed by atoms with Crippen molar-refractivity contribution < 1.29 is 0 Å². The molecule has 0 atom stereocenters. The second-order valence-electron chi connectivity index (χ2n) is 9.71. The van der Waals surface area contributed by atoms with Gasteiger partial charge in [0.15, 0.2) is 0 Å². The Hall–Kier alpha value is -4.07. The van der Waals surface area contributed by atoms with Crippen LogP contribution in [-0.4, -0.2) is 19.9 Å². The number of halogens is 2. The van der Waals surface area contributed by atoms with Gasteiger partial charge in [0.05, 0.1) is 11.0 Å². The number of aromatic amines is 3.